The fourth-order valence-corrected chi connectivity index (χ4v) is 0.790. The number of aryl methyl sites for hydroxylation is 1. The third-order valence-electron chi connectivity index (χ3n) is 1.40. The van der Waals surface area contributed by atoms with Gasteiger partial charge < -0.3 is 0 Å². The van der Waals surface area contributed by atoms with Crippen LogP contribution in [0.4, 0.5) is 5.69 Å². The van der Waals surface area contributed by atoms with Crippen LogP contribution in [0.1, 0.15) is 18.9 Å². The summed E-state index contributed by atoms with van der Waals surface area (Å²) < 4.78 is 0. The van der Waals surface area contributed by atoms with Gasteiger partial charge in [-0.2, -0.15) is 0 Å². The molecule has 0 aromatic heterocycles. The van der Waals surface area contributed by atoms with Crippen molar-refractivity contribution in [1.82, 2.24) is 0 Å². The van der Waals surface area contributed by atoms with E-state index in [0.29, 0.717) is 0 Å². The summed E-state index contributed by atoms with van der Waals surface area (Å²) in [4.78, 5) is 4.12. The summed E-state index contributed by atoms with van der Waals surface area (Å²) in [5.41, 5.74) is 2.25. The largest absolute Gasteiger partial charge is 0.340 e. The van der Waals surface area contributed by atoms with E-state index in [0.717, 1.165) is 12.1 Å². The Hall–Kier alpha value is -1.29. The number of rotatable bonds is 0. The maximum atomic E-state index is 4.12. The summed E-state index contributed by atoms with van der Waals surface area (Å²) in [7, 11) is 0. The molecule has 0 aliphatic heterocycles. The minimum Gasteiger partial charge on any atom is -0.0514 e. The van der Waals surface area contributed by atoms with Gasteiger partial charge in [-0.05, 0) is 18.7 Å². The Kier molecular flexibility index (Phi) is 2.68. The van der Waals surface area contributed by atoms with Crippen LogP contribution in [0.3, 0.4) is 0 Å². The van der Waals surface area contributed by atoms with Crippen LogP contribution in [0.5, 0.6) is 0 Å². The second-order valence-electron chi connectivity index (χ2n) is 2.46. The van der Waals surface area contributed by atoms with Gasteiger partial charge in [-0.3, -0.25) is 0 Å². The molecule has 1 aromatic carbocycles. The molecule has 1 heteroatoms. The van der Waals surface area contributed by atoms with Gasteiger partial charge >= 0.3 is 5.69 Å². The van der Waals surface area contributed by atoms with Crippen LogP contribution in [0.15, 0.2) is 24.3 Å². The Labute approximate surface area is 67.5 Å². The monoisotopic (exact) mass is 146 g/mol. The van der Waals surface area contributed by atoms with Crippen molar-refractivity contribution in [1.29, 1.82) is 0 Å². The van der Waals surface area contributed by atoms with E-state index in [1.807, 2.05) is 19.1 Å². The zero-order chi connectivity index (χ0) is 8.10. The topological polar surface area (TPSA) is 4.36 Å². The van der Waals surface area contributed by atoms with Gasteiger partial charge in [0.2, 0.25) is 0 Å². The first kappa shape index (κ1) is 7.81. The zero-order valence-electron chi connectivity index (χ0n) is 6.96. The summed E-state index contributed by atoms with van der Waals surface area (Å²) in [5, 5.41) is 0. The molecule has 0 radical (unpaired) electrons. The summed E-state index contributed by atoms with van der Waals surface area (Å²) in [6, 6.07) is 11.0. The van der Waals surface area contributed by atoms with Crippen molar-refractivity contribution in [3.05, 3.63) is 34.7 Å². The van der Waals surface area contributed by atoms with E-state index in [2.05, 4.69) is 30.0 Å². The fourth-order valence-electron chi connectivity index (χ4n) is 0.790. The molecule has 0 spiro atoms. The van der Waals surface area contributed by atoms with Crippen LogP contribution in [-0.2, 0) is 0 Å². The van der Waals surface area contributed by atoms with Crippen molar-refractivity contribution in [3.63, 3.8) is 0 Å². The fraction of sp³-hybridized carbons (Fsp3) is 0.300. The minimum atomic E-state index is 0.869. The number of nitrogens with zero attached hydrogens (tertiary/aromatic N) is 1. The molecule has 0 unspecified atom stereocenters. The molecular formula is C10H12N+. The lowest BCUT2D eigenvalue weighted by atomic mass is 10.2. The van der Waals surface area contributed by atoms with Crippen molar-refractivity contribution in [2.24, 2.45) is 0 Å². The highest BCUT2D eigenvalue weighted by Gasteiger charge is 1.96. The average molecular weight is 146 g/mol. The first-order valence-electron chi connectivity index (χ1n) is 3.83. The summed E-state index contributed by atoms with van der Waals surface area (Å²) in [6.07, 6.45) is 0.869. The van der Waals surface area contributed by atoms with Crippen molar-refractivity contribution in [2.45, 2.75) is 20.3 Å². The lowest BCUT2D eigenvalue weighted by Crippen LogP contribution is -1.66. The standard InChI is InChI=1S/C10H12N/c1-3-8-11-10-6-4-9(2)5-7-10/h4-7H,3H2,1-2H3/q+1. The molecular weight excluding hydrogens is 134 g/mol. The molecule has 1 rings (SSSR count). The average Bonchev–Trinajstić information content (AvgIpc) is 2.04. The highest BCUT2D eigenvalue weighted by atomic mass is 14.6. The predicted octanol–water partition coefficient (Wildman–Crippen LogP) is 3.37. The van der Waals surface area contributed by atoms with Crippen LogP contribution in [-0.4, -0.2) is 0 Å². The molecule has 56 valence electrons. The van der Waals surface area contributed by atoms with Crippen LogP contribution in [0.25, 0.3) is 4.85 Å². The molecule has 0 saturated heterocycles. The molecule has 0 aliphatic carbocycles. The smallest absolute Gasteiger partial charge is 0.0514 e. The molecule has 11 heavy (non-hydrogen) atoms. The molecule has 0 atom stereocenters. The molecule has 0 fully saturated rings. The van der Waals surface area contributed by atoms with Crippen LogP contribution in [0, 0.1) is 13.0 Å². The lowest BCUT2D eigenvalue weighted by Gasteiger charge is -1.83. The second-order valence-corrected chi connectivity index (χ2v) is 2.46. The first-order chi connectivity index (χ1) is 5.33. The molecule has 1 nitrogen and oxygen atoms in total. The summed E-state index contributed by atoms with van der Waals surface area (Å²) >= 11 is 0. The van der Waals surface area contributed by atoms with E-state index in [1.165, 1.54) is 5.56 Å². The molecule has 0 amide bonds. The Balaban J connectivity index is 2.82. The van der Waals surface area contributed by atoms with E-state index in [4.69, 9.17) is 0 Å². The third kappa shape index (κ3) is 2.43. The van der Waals surface area contributed by atoms with Gasteiger partial charge in [0.1, 0.15) is 0 Å². The highest BCUT2D eigenvalue weighted by molar-refractivity contribution is 5.46. The van der Waals surface area contributed by atoms with Gasteiger partial charge in [-0.25, -0.2) is 0 Å². The minimum absolute atomic E-state index is 0.869. The van der Waals surface area contributed by atoms with Gasteiger partial charge in [-0.15, -0.1) is 0 Å². The molecule has 0 saturated carbocycles. The van der Waals surface area contributed by atoms with Gasteiger partial charge in [0, 0.05) is 12.1 Å². The Morgan fingerprint density at radius 3 is 2.45 bits per heavy atom. The van der Waals surface area contributed by atoms with Gasteiger partial charge in [0.15, 0.2) is 0 Å². The van der Waals surface area contributed by atoms with Crippen LogP contribution < -0.4 is 0 Å². The van der Waals surface area contributed by atoms with E-state index >= 15 is 0 Å². The predicted molar refractivity (Wildman–Crippen MR) is 48.4 cm³/mol. The molecule has 0 N–H and O–H groups in total. The summed E-state index contributed by atoms with van der Waals surface area (Å²) in [5.74, 6) is 0. The maximum Gasteiger partial charge on any atom is 0.340 e. The van der Waals surface area contributed by atoms with Crippen LogP contribution in [0.2, 0.25) is 0 Å². The number of hydrogen-bond acceptors (Lipinski definition) is 0. The Bertz CT molecular complexity index is 274. The molecule has 1 aromatic rings. The van der Waals surface area contributed by atoms with Gasteiger partial charge in [-0.1, -0.05) is 17.7 Å². The quantitative estimate of drug-likeness (QED) is 0.528. The van der Waals surface area contributed by atoms with Crippen molar-refractivity contribution >= 4 is 5.69 Å². The SMILES string of the molecule is CCC#[N+]c1ccc(C)cc1. The van der Waals surface area contributed by atoms with Crippen molar-refractivity contribution < 1.29 is 0 Å². The van der Waals surface area contributed by atoms with Crippen molar-refractivity contribution in [2.75, 3.05) is 0 Å². The van der Waals surface area contributed by atoms with Crippen LogP contribution >= 0.6 is 0 Å². The lowest BCUT2D eigenvalue weighted by molar-refractivity contribution is 1.27. The van der Waals surface area contributed by atoms with Gasteiger partial charge in [0.25, 0.3) is 6.07 Å². The van der Waals surface area contributed by atoms with Gasteiger partial charge in [0.05, 0.1) is 6.42 Å². The number of hydrogen-bond donors (Lipinski definition) is 0. The van der Waals surface area contributed by atoms with E-state index < -0.39 is 0 Å². The third-order valence-corrected chi connectivity index (χ3v) is 1.40. The first-order valence-corrected chi connectivity index (χ1v) is 3.83. The molecule has 0 heterocycles. The maximum absolute atomic E-state index is 4.12. The molecule has 0 aliphatic rings. The second kappa shape index (κ2) is 3.78. The Morgan fingerprint density at radius 1 is 1.27 bits per heavy atom. The van der Waals surface area contributed by atoms with E-state index in [9.17, 15) is 0 Å². The highest BCUT2D eigenvalue weighted by Crippen LogP contribution is 2.11. The van der Waals surface area contributed by atoms with E-state index in [-0.39, 0.29) is 0 Å². The van der Waals surface area contributed by atoms with E-state index in [1.54, 1.807) is 0 Å². The summed E-state index contributed by atoms with van der Waals surface area (Å²) in [6.45, 7) is 4.09. The van der Waals surface area contributed by atoms with Crippen molar-refractivity contribution in [3.8, 4) is 6.07 Å². The Morgan fingerprint density at radius 2 is 1.91 bits per heavy atom. The number of benzene rings is 1. The molecule has 0 bridgehead atoms. The zero-order valence-corrected chi connectivity index (χ0v) is 6.96. The normalized spacial score (nSPS) is 8.55.